The van der Waals surface area contributed by atoms with Crippen molar-refractivity contribution in [2.24, 2.45) is 0 Å². The first-order chi connectivity index (χ1) is 10.2. The molecule has 0 aromatic heterocycles. The molecule has 0 bridgehead atoms. The molecule has 1 aliphatic heterocycles. The molecule has 2 atom stereocenters. The number of ether oxygens (including phenoxy) is 1. The van der Waals surface area contributed by atoms with Crippen molar-refractivity contribution in [2.75, 3.05) is 13.3 Å². The third-order valence-corrected chi connectivity index (χ3v) is 4.69. The topological polar surface area (TPSA) is 46.6 Å². The number of amides is 2. The van der Waals surface area contributed by atoms with Crippen molar-refractivity contribution in [3.05, 3.63) is 35.4 Å². The van der Waals surface area contributed by atoms with Gasteiger partial charge in [0.2, 0.25) is 11.7 Å². The smallest absolute Gasteiger partial charge is 0.420 e. The van der Waals surface area contributed by atoms with Gasteiger partial charge in [0.1, 0.15) is 7.55 Å². The number of hydrogen-bond acceptors (Lipinski definition) is 3. The van der Waals surface area contributed by atoms with Gasteiger partial charge < -0.3 is 4.74 Å². The van der Waals surface area contributed by atoms with Gasteiger partial charge in [-0.2, -0.15) is 13.2 Å². The number of nitrogens with zero attached hydrogens (tertiary/aromatic N) is 1. The first-order valence-corrected chi connectivity index (χ1v) is 8.43. The number of hydrogen-bond donors (Lipinski definition) is 0. The van der Waals surface area contributed by atoms with Crippen LogP contribution < -0.4 is 0 Å². The van der Waals surface area contributed by atoms with Crippen LogP contribution in [0, 0.1) is 0 Å². The third kappa shape index (κ3) is 3.30. The number of carbonyl (C=O) groups is 2. The van der Waals surface area contributed by atoms with Crippen LogP contribution in [-0.2, 0) is 22.1 Å². The van der Waals surface area contributed by atoms with Crippen LogP contribution >= 0.6 is 7.55 Å². The average molecular weight is 332 g/mol. The van der Waals surface area contributed by atoms with Gasteiger partial charge in [0.25, 0.3) is 0 Å². The second-order valence-corrected chi connectivity index (χ2v) is 7.02. The molecule has 22 heavy (non-hydrogen) atoms. The Bertz CT molecular complexity index is 630. The molecule has 1 aromatic carbocycles. The van der Waals surface area contributed by atoms with Crippen LogP contribution in [0.3, 0.4) is 0 Å². The first kappa shape index (κ1) is 16.5. The standard InChI is InChI=1S/C14H14F3NO3P/c1-22(2)12-8-21-13(20)18(12)11(19)7-9-5-3-4-6-10(9)14(15,16)17/h3-6,12H,1,7-8H2,2H3/q+1. The fourth-order valence-corrected chi connectivity index (χ4v) is 3.15. The van der Waals surface area contributed by atoms with Gasteiger partial charge in [-0.3, -0.25) is 4.79 Å². The number of alkyl halides is 3. The molecule has 0 spiro atoms. The molecule has 0 saturated carbocycles. The van der Waals surface area contributed by atoms with E-state index >= 15 is 0 Å². The number of halogens is 3. The summed E-state index contributed by atoms with van der Waals surface area (Å²) in [5, 5.41) is 0. The van der Waals surface area contributed by atoms with Crippen LogP contribution in [0.2, 0.25) is 0 Å². The largest absolute Gasteiger partial charge is 0.442 e. The molecule has 4 nitrogen and oxygen atoms in total. The zero-order valence-electron chi connectivity index (χ0n) is 11.8. The summed E-state index contributed by atoms with van der Waals surface area (Å²) in [6.07, 6.45) is -2.07. The summed E-state index contributed by atoms with van der Waals surface area (Å²) in [4.78, 5) is 24.8. The number of benzene rings is 1. The van der Waals surface area contributed by atoms with Crippen molar-refractivity contribution in [1.82, 2.24) is 4.90 Å². The predicted molar refractivity (Wildman–Crippen MR) is 77.1 cm³/mol. The van der Waals surface area contributed by atoms with E-state index in [0.717, 1.165) is 11.0 Å². The van der Waals surface area contributed by atoms with E-state index in [1.165, 1.54) is 18.2 Å². The zero-order chi connectivity index (χ0) is 16.5. The minimum absolute atomic E-state index is 0.0389. The van der Waals surface area contributed by atoms with Gasteiger partial charge in [-0.1, -0.05) is 18.2 Å². The summed E-state index contributed by atoms with van der Waals surface area (Å²) in [5.74, 6) is -1.20. The lowest BCUT2D eigenvalue weighted by Crippen LogP contribution is -2.38. The van der Waals surface area contributed by atoms with Crippen molar-refractivity contribution in [3.8, 4) is 0 Å². The molecule has 0 aliphatic carbocycles. The molecule has 8 heteroatoms. The van der Waals surface area contributed by atoms with Crippen LogP contribution in [0.1, 0.15) is 11.1 Å². The molecule has 2 rings (SSSR count). The Morgan fingerprint density at radius 3 is 2.68 bits per heavy atom. The Morgan fingerprint density at radius 1 is 1.45 bits per heavy atom. The Morgan fingerprint density at radius 2 is 2.09 bits per heavy atom. The molecule has 0 N–H and O–H groups in total. The summed E-state index contributed by atoms with van der Waals surface area (Å²) in [6.45, 7) is 1.81. The summed E-state index contributed by atoms with van der Waals surface area (Å²) in [6, 6.07) is 4.82. The third-order valence-electron chi connectivity index (χ3n) is 3.29. The molecule has 2 unspecified atom stereocenters. The van der Waals surface area contributed by atoms with Crippen molar-refractivity contribution < 1.29 is 27.5 Å². The van der Waals surface area contributed by atoms with Crippen molar-refractivity contribution in [2.45, 2.75) is 18.4 Å². The molecule has 1 heterocycles. The Kier molecular flexibility index (Phi) is 4.56. The van der Waals surface area contributed by atoms with Crippen LogP contribution in [-0.4, -0.2) is 42.3 Å². The molecular formula is C14H14F3NO3P+. The predicted octanol–water partition coefficient (Wildman–Crippen LogP) is 3.10. The SMILES string of the molecule is C=[P+](C)C1COC(=O)N1C(=O)Cc1ccccc1C(F)(F)F. The fraction of sp³-hybridized carbons (Fsp3) is 0.357. The normalized spacial score (nSPS) is 19.1. The molecule has 2 amide bonds. The van der Waals surface area contributed by atoms with E-state index in [-0.39, 0.29) is 12.2 Å². The van der Waals surface area contributed by atoms with Gasteiger partial charge in [0.05, 0.1) is 24.9 Å². The van der Waals surface area contributed by atoms with E-state index in [4.69, 9.17) is 4.74 Å². The second-order valence-electron chi connectivity index (χ2n) is 4.91. The van der Waals surface area contributed by atoms with Crippen LogP contribution in [0.5, 0.6) is 0 Å². The highest BCUT2D eigenvalue weighted by atomic mass is 31.1. The number of cyclic esters (lactones) is 1. The Hall–Kier alpha value is -1.88. The molecule has 1 aromatic rings. The maximum Gasteiger partial charge on any atom is 0.420 e. The highest BCUT2D eigenvalue weighted by molar-refractivity contribution is 7.55. The van der Waals surface area contributed by atoms with Crippen molar-refractivity contribution >= 4 is 25.8 Å². The van der Waals surface area contributed by atoms with E-state index < -0.39 is 43.5 Å². The molecule has 0 radical (unpaired) electrons. The average Bonchev–Trinajstić information content (AvgIpc) is 2.80. The van der Waals surface area contributed by atoms with E-state index in [9.17, 15) is 22.8 Å². The molecule has 118 valence electrons. The highest BCUT2D eigenvalue weighted by Crippen LogP contribution is 2.34. The maximum atomic E-state index is 12.9. The van der Waals surface area contributed by atoms with E-state index in [1.54, 1.807) is 6.66 Å². The summed E-state index contributed by atoms with van der Waals surface area (Å²) in [5.41, 5.74) is -1.04. The quantitative estimate of drug-likeness (QED) is 0.799. The minimum atomic E-state index is -4.55. The van der Waals surface area contributed by atoms with Gasteiger partial charge in [-0.05, 0) is 11.6 Å². The van der Waals surface area contributed by atoms with E-state index in [2.05, 4.69) is 6.30 Å². The van der Waals surface area contributed by atoms with Crippen molar-refractivity contribution in [3.63, 3.8) is 0 Å². The Balaban J connectivity index is 2.26. The summed E-state index contributed by atoms with van der Waals surface area (Å²) < 4.78 is 43.6. The maximum absolute atomic E-state index is 12.9. The lowest BCUT2D eigenvalue weighted by atomic mass is 10.0. The minimum Gasteiger partial charge on any atom is -0.442 e. The van der Waals surface area contributed by atoms with Crippen LogP contribution in [0.25, 0.3) is 0 Å². The van der Waals surface area contributed by atoms with E-state index in [1.807, 2.05) is 0 Å². The van der Waals surface area contributed by atoms with E-state index in [0.29, 0.717) is 0 Å². The highest BCUT2D eigenvalue weighted by Gasteiger charge is 2.44. The molecular weight excluding hydrogens is 318 g/mol. The first-order valence-electron chi connectivity index (χ1n) is 6.39. The van der Waals surface area contributed by atoms with Gasteiger partial charge >= 0.3 is 12.3 Å². The van der Waals surface area contributed by atoms with Gasteiger partial charge in [-0.25, -0.2) is 9.69 Å². The number of rotatable bonds is 3. The zero-order valence-corrected chi connectivity index (χ0v) is 12.7. The molecule has 1 aliphatic rings. The van der Waals surface area contributed by atoms with Crippen LogP contribution in [0.15, 0.2) is 24.3 Å². The number of carbonyl (C=O) groups excluding carboxylic acids is 2. The summed E-state index contributed by atoms with van der Waals surface area (Å²) >= 11 is 0. The second kappa shape index (κ2) is 6.08. The molecule has 1 saturated heterocycles. The van der Waals surface area contributed by atoms with Gasteiger partial charge in [0, 0.05) is 0 Å². The lowest BCUT2D eigenvalue weighted by molar-refractivity contribution is -0.138. The van der Waals surface area contributed by atoms with Gasteiger partial charge in [-0.15, -0.1) is 0 Å². The fourth-order valence-electron chi connectivity index (χ4n) is 2.20. The number of imide groups is 1. The summed E-state index contributed by atoms with van der Waals surface area (Å²) in [7, 11) is -0.918. The lowest BCUT2D eigenvalue weighted by Gasteiger charge is -2.16. The van der Waals surface area contributed by atoms with Crippen LogP contribution in [0.4, 0.5) is 18.0 Å². The monoisotopic (exact) mass is 332 g/mol. The molecule has 1 fully saturated rings. The van der Waals surface area contributed by atoms with Gasteiger partial charge in [0.15, 0.2) is 6.61 Å². The Labute approximate surface area is 126 Å². The van der Waals surface area contributed by atoms with Crippen molar-refractivity contribution in [1.29, 1.82) is 0 Å².